The van der Waals surface area contributed by atoms with Crippen molar-refractivity contribution in [1.82, 2.24) is 14.8 Å². The van der Waals surface area contributed by atoms with Crippen molar-refractivity contribution in [2.45, 2.75) is 13.8 Å². The molecule has 0 atom stereocenters. The summed E-state index contributed by atoms with van der Waals surface area (Å²) in [6.45, 7) is 4.06. The van der Waals surface area contributed by atoms with Gasteiger partial charge in [0.15, 0.2) is 0 Å². The SMILES string of the molecule is Cc1nn(C)c2c(C)ccnc12. The number of aryl methyl sites for hydroxylation is 3. The molecule has 0 spiro atoms. The molecule has 0 saturated carbocycles. The zero-order valence-electron chi connectivity index (χ0n) is 7.50. The van der Waals surface area contributed by atoms with E-state index in [0.29, 0.717) is 0 Å². The lowest BCUT2D eigenvalue weighted by Crippen LogP contribution is -1.91. The van der Waals surface area contributed by atoms with Crippen LogP contribution in [-0.4, -0.2) is 14.8 Å². The molecule has 0 saturated heterocycles. The maximum atomic E-state index is 4.31. The van der Waals surface area contributed by atoms with Crippen molar-refractivity contribution in [1.29, 1.82) is 0 Å². The molecule has 3 nitrogen and oxygen atoms in total. The fourth-order valence-corrected chi connectivity index (χ4v) is 1.55. The standard InChI is InChI=1S/C9H11N3/c1-6-4-5-10-8-7(2)11-12(3)9(6)8/h4-5H,1-3H3. The highest BCUT2D eigenvalue weighted by molar-refractivity contribution is 5.80. The topological polar surface area (TPSA) is 30.7 Å². The predicted molar refractivity (Wildman–Crippen MR) is 48.0 cm³/mol. The molecule has 62 valence electrons. The van der Waals surface area contributed by atoms with E-state index < -0.39 is 0 Å². The van der Waals surface area contributed by atoms with E-state index in [2.05, 4.69) is 17.0 Å². The summed E-state index contributed by atoms with van der Waals surface area (Å²) in [5.41, 5.74) is 4.37. The van der Waals surface area contributed by atoms with Crippen molar-refractivity contribution in [2.24, 2.45) is 7.05 Å². The lowest BCUT2D eigenvalue weighted by Gasteiger charge is -1.96. The summed E-state index contributed by atoms with van der Waals surface area (Å²) in [6, 6.07) is 2.00. The van der Waals surface area contributed by atoms with Crippen LogP contribution in [0.25, 0.3) is 11.0 Å². The molecule has 2 heterocycles. The number of pyridine rings is 1. The van der Waals surface area contributed by atoms with Gasteiger partial charge in [-0.25, -0.2) is 0 Å². The van der Waals surface area contributed by atoms with Gasteiger partial charge in [-0.05, 0) is 25.5 Å². The van der Waals surface area contributed by atoms with Crippen LogP contribution in [0.2, 0.25) is 0 Å². The van der Waals surface area contributed by atoms with E-state index >= 15 is 0 Å². The molecule has 0 aliphatic heterocycles. The third-order valence-corrected chi connectivity index (χ3v) is 2.09. The van der Waals surface area contributed by atoms with Gasteiger partial charge in [0, 0.05) is 13.2 Å². The highest BCUT2D eigenvalue weighted by Crippen LogP contribution is 2.17. The normalized spacial score (nSPS) is 10.9. The third kappa shape index (κ3) is 0.826. The summed E-state index contributed by atoms with van der Waals surface area (Å²) in [4.78, 5) is 4.28. The molecule has 0 unspecified atom stereocenters. The van der Waals surface area contributed by atoms with E-state index in [-0.39, 0.29) is 0 Å². The molecule has 3 heteroatoms. The van der Waals surface area contributed by atoms with Crippen molar-refractivity contribution in [3.63, 3.8) is 0 Å². The van der Waals surface area contributed by atoms with Crippen LogP contribution >= 0.6 is 0 Å². The van der Waals surface area contributed by atoms with Crippen molar-refractivity contribution in [3.8, 4) is 0 Å². The lowest BCUT2D eigenvalue weighted by atomic mass is 10.2. The average Bonchev–Trinajstić information content (AvgIpc) is 2.29. The maximum Gasteiger partial charge on any atom is 0.111 e. The molecule has 2 rings (SSSR count). The summed E-state index contributed by atoms with van der Waals surface area (Å²) >= 11 is 0. The van der Waals surface area contributed by atoms with E-state index in [9.17, 15) is 0 Å². The van der Waals surface area contributed by atoms with Crippen LogP contribution in [0, 0.1) is 13.8 Å². The Morgan fingerprint density at radius 3 is 2.75 bits per heavy atom. The van der Waals surface area contributed by atoms with Crippen LogP contribution in [0.4, 0.5) is 0 Å². The minimum atomic E-state index is 0.996. The average molecular weight is 161 g/mol. The number of aromatic nitrogens is 3. The second-order valence-electron chi connectivity index (χ2n) is 3.03. The van der Waals surface area contributed by atoms with Crippen molar-refractivity contribution >= 4 is 11.0 Å². The Balaban J connectivity index is 2.99. The number of fused-ring (bicyclic) bond motifs is 1. The molecule has 0 aliphatic carbocycles. The van der Waals surface area contributed by atoms with Gasteiger partial charge in [0.05, 0.1) is 11.2 Å². The van der Waals surface area contributed by atoms with Gasteiger partial charge < -0.3 is 0 Å². The molecule has 2 aromatic heterocycles. The summed E-state index contributed by atoms with van der Waals surface area (Å²) in [5, 5.41) is 4.31. The number of rotatable bonds is 0. The Morgan fingerprint density at radius 2 is 2.08 bits per heavy atom. The quantitative estimate of drug-likeness (QED) is 0.587. The Labute approximate surface area is 71.0 Å². The Bertz CT molecular complexity index is 429. The Kier molecular flexibility index (Phi) is 1.40. The molecule has 0 aromatic carbocycles. The highest BCUT2D eigenvalue weighted by Gasteiger charge is 2.06. The van der Waals surface area contributed by atoms with E-state index in [4.69, 9.17) is 0 Å². The lowest BCUT2D eigenvalue weighted by molar-refractivity contribution is 0.781. The smallest absolute Gasteiger partial charge is 0.111 e. The molecule has 0 radical (unpaired) electrons. The van der Waals surface area contributed by atoms with Crippen LogP contribution in [0.5, 0.6) is 0 Å². The van der Waals surface area contributed by atoms with E-state index in [1.807, 2.05) is 30.9 Å². The number of nitrogens with zero attached hydrogens (tertiary/aromatic N) is 3. The summed E-state index contributed by atoms with van der Waals surface area (Å²) in [7, 11) is 1.95. The molecular formula is C9H11N3. The fraction of sp³-hybridized carbons (Fsp3) is 0.333. The van der Waals surface area contributed by atoms with Crippen LogP contribution in [-0.2, 0) is 7.05 Å². The molecule has 0 aliphatic rings. The summed E-state index contributed by atoms with van der Waals surface area (Å²) < 4.78 is 1.88. The first-order valence-corrected chi connectivity index (χ1v) is 3.95. The van der Waals surface area contributed by atoms with E-state index in [1.165, 1.54) is 5.56 Å². The van der Waals surface area contributed by atoms with Crippen LogP contribution in [0.3, 0.4) is 0 Å². The second kappa shape index (κ2) is 2.30. The monoisotopic (exact) mass is 161 g/mol. The highest BCUT2D eigenvalue weighted by atomic mass is 15.3. The maximum absolute atomic E-state index is 4.31. The van der Waals surface area contributed by atoms with Crippen molar-refractivity contribution < 1.29 is 0 Å². The van der Waals surface area contributed by atoms with Gasteiger partial charge in [-0.2, -0.15) is 5.10 Å². The van der Waals surface area contributed by atoms with Gasteiger partial charge in [-0.3, -0.25) is 9.67 Å². The molecular weight excluding hydrogens is 150 g/mol. The van der Waals surface area contributed by atoms with E-state index in [0.717, 1.165) is 16.7 Å². The third-order valence-electron chi connectivity index (χ3n) is 2.09. The molecule has 0 bridgehead atoms. The zero-order valence-corrected chi connectivity index (χ0v) is 7.50. The molecule has 12 heavy (non-hydrogen) atoms. The van der Waals surface area contributed by atoms with Crippen LogP contribution in [0.1, 0.15) is 11.3 Å². The van der Waals surface area contributed by atoms with Gasteiger partial charge in [0.2, 0.25) is 0 Å². The largest absolute Gasteiger partial charge is 0.266 e. The first-order chi connectivity index (χ1) is 5.70. The van der Waals surface area contributed by atoms with Gasteiger partial charge in [0.25, 0.3) is 0 Å². The molecule has 0 fully saturated rings. The number of hydrogen-bond donors (Lipinski definition) is 0. The van der Waals surface area contributed by atoms with Crippen molar-refractivity contribution in [2.75, 3.05) is 0 Å². The first kappa shape index (κ1) is 7.28. The van der Waals surface area contributed by atoms with Gasteiger partial charge in [-0.15, -0.1) is 0 Å². The fourth-order valence-electron chi connectivity index (χ4n) is 1.55. The minimum Gasteiger partial charge on any atom is -0.266 e. The minimum absolute atomic E-state index is 0.996. The first-order valence-electron chi connectivity index (χ1n) is 3.95. The van der Waals surface area contributed by atoms with Crippen LogP contribution in [0.15, 0.2) is 12.3 Å². The molecule has 0 amide bonds. The second-order valence-corrected chi connectivity index (χ2v) is 3.03. The molecule has 0 N–H and O–H groups in total. The van der Waals surface area contributed by atoms with E-state index in [1.54, 1.807) is 0 Å². The van der Waals surface area contributed by atoms with Gasteiger partial charge in [0.1, 0.15) is 5.52 Å². The zero-order chi connectivity index (χ0) is 8.72. The Hall–Kier alpha value is -1.38. The molecule has 2 aromatic rings. The number of hydrogen-bond acceptors (Lipinski definition) is 2. The van der Waals surface area contributed by atoms with Crippen LogP contribution < -0.4 is 0 Å². The van der Waals surface area contributed by atoms with Gasteiger partial charge in [-0.1, -0.05) is 0 Å². The summed E-state index contributed by atoms with van der Waals surface area (Å²) in [6.07, 6.45) is 1.83. The van der Waals surface area contributed by atoms with Gasteiger partial charge >= 0.3 is 0 Å². The predicted octanol–water partition coefficient (Wildman–Crippen LogP) is 1.59. The summed E-state index contributed by atoms with van der Waals surface area (Å²) in [5.74, 6) is 0. The van der Waals surface area contributed by atoms with Crippen molar-refractivity contribution in [3.05, 3.63) is 23.5 Å². The Morgan fingerprint density at radius 1 is 1.33 bits per heavy atom.